The van der Waals surface area contributed by atoms with Gasteiger partial charge in [0.2, 0.25) is 0 Å². The number of nitrogens with one attached hydrogen (secondary N) is 1. The second kappa shape index (κ2) is 8.25. The highest BCUT2D eigenvalue weighted by Crippen LogP contribution is 2.12. The largest absolute Gasteiger partial charge is 0.381 e. The van der Waals surface area contributed by atoms with Gasteiger partial charge in [-0.25, -0.2) is 0 Å². The Hall–Kier alpha value is -1.10. The van der Waals surface area contributed by atoms with Crippen LogP contribution in [-0.4, -0.2) is 38.9 Å². The molecule has 0 spiro atoms. The van der Waals surface area contributed by atoms with Crippen LogP contribution >= 0.6 is 11.6 Å². The first-order valence-electron chi connectivity index (χ1n) is 6.95. The van der Waals surface area contributed by atoms with Crippen LogP contribution in [0, 0.1) is 5.92 Å². The molecule has 4 nitrogen and oxygen atoms in total. The van der Waals surface area contributed by atoms with Gasteiger partial charge < -0.3 is 14.8 Å². The first kappa shape index (κ1) is 15.3. The third-order valence-electron chi connectivity index (χ3n) is 3.22. The number of ether oxygens (including phenoxy) is 2. The molecule has 2 rings (SSSR count). The number of halogens is 1. The first-order chi connectivity index (χ1) is 9.75. The lowest BCUT2D eigenvalue weighted by Gasteiger charge is -2.09. The minimum atomic E-state index is -0.100. The van der Waals surface area contributed by atoms with Crippen molar-refractivity contribution >= 4 is 17.5 Å². The minimum Gasteiger partial charge on any atom is -0.381 e. The zero-order valence-electron chi connectivity index (χ0n) is 11.4. The lowest BCUT2D eigenvalue weighted by Crippen LogP contribution is -2.25. The molecule has 1 fully saturated rings. The first-order valence-corrected chi connectivity index (χ1v) is 7.33. The molecule has 0 bridgehead atoms. The van der Waals surface area contributed by atoms with Crippen LogP contribution in [0.15, 0.2) is 24.3 Å². The van der Waals surface area contributed by atoms with Crippen molar-refractivity contribution in [2.24, 2.45) is 5.92 Å². The molecule has 1 saturated heterocycles. The van der Waals surface area contributed by atoms with Gasteiger partial charge in [0.15, 0.2) is 0 Å². The van der Waals surface area contributed by atoms with Crippen molar-refractivity contribution in [2.75, 3.05) is 33.0 Å². The average Bonchev–Trinajstić information content (AvgIpc) is 2.95. The topological polar surface area (TPSA) is 47.6 Å². The van der Waals surface area contributed by atoms with Crippen LogP contribution in [0.3, 0.4) is 0 Å². The van der Waals surface area contributed by atoms with Crippen LogP contribution in [0.2, 0.25) is 5.02 Å². The van der Waals surface area contributed by atoms with Gasteiger partial charge in [-0.15, -0.1) is 0 Å². The lowest BCUT2D eigenvalue weighted by atomic mass is 10.1. The smallest absolute Gasteiger partial charge is 0.251 e. The summed E-state index contributed by atoms with van der Waals surface area (Å²) in [5.41, 5.74) is 0.585. The van der Waals surface area contributed by atoms with Crippen LogP contribution in [0.1, 0.15) is 23.2 Å². The standard InChI is InChI=1S/C15H20ClNO3/c16-14-4-1-3-13(9-14)15(18)17-6-2-7-19-10-12-5-8-20-11-12/h1,3-4,9,12H,2,5-8,10-11H2,(H,17,18)/t12-/m0/s1. The molecule has 110 valence electrons. The fourth-order valence-electron chi connectivity index (χ4n) is 2.07. The summed E-state index contributed by atoms with van der Waals surface area (Å²) in [4.78, 5) is 11.8. The minimum absolute atomic E-state index is 0.100. The molecular weight excluding hydrogens is 278 g/mol. The number of carbonyl (C=O) groups is 1. The van der Waals surface area contributed by atoms with E-state index in [1.54, 1.807) is 24.3 Å². The molecule has 0 saturated carbocycles. The molecule has 0 unspecified atom stereocenters. The van der Waals surface area contributed by atoms with Gasteiger partial charge in [0.25, 0.3) is 5.91 Å². The molecule has 1 aromatic carbocycles. The number of amides is 1. The van der Waals surface area contributed by atoms with Gasteiger partial charge in [0, 0.05) is 36.3 Å². The van der Waals surface area contributed by atoms with Gasteiger partial charge in [-0.2, -0.15) is 0 Å². The Morgan fingerprint density at radius 1 is 1.50 bits per heavy atom. The van der Waals surface area contributed by atoms with Crippen molar-refractivity contribution in [2.45, 2.75) is 12.8 Å². The summed E-state index contributed by atoms with van der Waals surface area (Å²) in [6, 6.07) is 6.92. The average molecular weight is 298 g/mol. The maximum Gasteiger partial charge on any atom is 0.251 e. The van der Waals surface area contributed by atoms with Crippen molar-refractivity contribution in [3.05, 3.63) is 34.9 Å². The van der Waals surface area contributed by atoms with Crippen molar-refractivity contribution in [1.29, 1.82) is 0 Å². The Labute approximate surface area is 124 Å². The number of carbonyl (C=O) groups excluding carboxylic acids is 1. The molecule has 1 aliphatic rings. The van der Waals surface area contributed by atoms with Gasteiger partial charge in [-0.05, 0) is 31.0 Å². The molecule has 20 heavy (non-hydrogen) atoms. The predicted molar refractivity (Wildman–Crippen MR) is 78.1 cm³/mol. The molecule has 1 amide bonds. The quantitative estimate of drug-likeness (QED) is 0.787. The Bertz CT molecular complexity index is 433. The summed E-state index contributed by atoms with van der Waals surface area (Å²) in [5, 5.41) is 3.42. The second-order valence-corrected chi connectivity index (χ2v) is 5.36. The van der Waals surface area contributed by atoms with Crippen molar-refractivity contribution in [3.63, 3.8) is 0 Å². The highest BCUT2D eigenvalue weighted by atomic mass is 35.5. The zero-order chi connectivity index (χ0) is 14.2. The van der Waals surface area contributed by atoms with Gasteiger partial charge in [0.1, 0.15) is 0 Å². The fraction of sp³-hybridized carbons (Fsp3) is 0.533. The van der Waals surface area contributed by atoms with Crippen molar-refractivity contribution in [3.8, 4) is 0 Å². The normalized spacial score (nSPS) is 18.1. The summed E-state index contributed by atoms with van der Waals surface area (Å²) in [6.07, 6.45) is 1.89. The monoisotopic (exact) mass is 297 g/mol. The van der Waals surface area contributed by atoms with E-state index < -0.39 is 0 Å². The van der Waals surface area contributed by atoms with E-state index in [9.17, 15) is 4.79 Å². The number of hydrogen-bond acceptors (Lipinski definition) is 3. The number of rotatable bonds is 7. The van der Waals surface area contributed by atoms with Crippen molar-refractivity contribution in [1.82, 2.24) is 5.32 Å². The Kier molecular flexibility index (Phi) is 6.30. The van der Waals surface area contributed by atoms with E-state index in [-0.39, 0.29) is 5.91 Å². The van der Waals surface area contributed by atoms with Crippen LogP contribution in [0.25, 0.3) is 0 Å². The Balaban J connectivity index is 1.55. The Morgan fingerprint density at radius 2 is 2.40 bits per heavy atom. The molecule has 1 heterocycles. The highest BCUT2D eigenvalue weighted by Gasteiger charge is 2.15. The molecule has 1 atom stereocenters. The van der Waals surface area contributed by atoms with E-state index in [0.29, 0.717) is 29.7 Å². The SMILES string of the molecule is O=C(NCCCOC[C@@H]1CCOC1)c1cccc(Cl)c1. The van der Waals surface area contributed by atoms with E-state index in [1.807, 2.05) is 0 Å². The molecule has 1 aromatic rings. The van der Waals surface area contributed by atoms with E-state index in [4.69, 9.17) is 21.1 Å². The summed E-state index contributed by atoms with van der Waals surface area (Å²) in [6.45, 7) is 3.68. The number of benzene rings is 1. The van der Waals surface area contributed by atoms with Gasteiger partial charge >= 0.3 is 0 Å². The summed E-state index contributed by atoms with van der Waals surface area (Å²) in [5.74, 6) is 0.438. The van der Waals surface area contributed by atoms with E-state index in [0.717, 1.165) is 32.7 Å². The molecule has 1 N–H and O–H groups in total. The maximum atomic E-state index is 11.8. The third-order valence-corrected chi connectivity index (χ3v) is 3.45. The Morgan fingerprint density at radius 3 is 3.15 bits per heavy atom. The fourth-order valence-corrected chi connectivity index (χ4v) is 2.26. The van der Waals surface area contributed by atoms with Gasteiger partial charge in [0.05, 0.1) is 13.2 Å². The van der Waals surface area contributed by atoms with Crippen LogP contribution < -0.4 is 5.32 Å². The molecule has 5 heteroatoms. The molecular formula is C15H20ClNO3. The van der Waals surface area contributed by atoms with Crippen LogP contribution in [-0.2, 0) is 9.47 Å². The summed E-state index contributed by atoms with van der Waals surface area (Å²) >= 11 is 5.84. The van der Waals surface area contributed by atoms with E-state index in [1.165, 1.54) is 0 Å². The molecule has 1 aliphatic heterocycles. The zero-order valence-corrected chi connectivity index (χ0v) is 12.2. The number of hydrogen-bond donors (Lipinski definition) is 1. The van der Waals surface area contributed by atoms with Gasteiger partial charge in [-0.1, -0.05) is 17.7 Å². The second-order valence-electron chi connectivity index (χ2n) is 4.92. The highest BCUT2D eigenvalue weighted by molar-refractivity contribution is 6.30. The molecule has 0 aliphatic carbocycles. The summed E-state index contributed by atoms with van der Waals surface area (Å²) in [7, 11) is 0. The van der Waals surface area contributed by atoms with E-state index >= 15 is 0 Å². The predicted octanol–water partition coefficient (Wildman–Crippen LogP) is 2.51. The lowest BCUT2D eigenvalue weighted by molar-refractivity contribution is 0.0853. The molecule has 0 aromatic heterocycles. The maximum absolute atomic E-state index is 11.8. The summed E-state index contributed by atoms with van der Waals surface area (Å²) < 4.78 is 10.8. The van der Waals surface area contributed by atoms with Crippen molar-refractivity contribution < 1.29 is 14.3 Å². The molecule has 0 radical (unpaired) electrons. The van der Waals surface area contributed by atoms with Crippen LogP contribution in [0.5, 0.6) is 0 Å². The van der Waals surface area contributed by atoms with Gasteiger partial charge in [-0.3, -0.25) is 4.79 Å². The van der Waals surface area contributed by atoms with Crippen LogP contribution in [0.4, 0.5) is 0 Å². The van der Waals surface area contributed by atoms with E-state index in [2.05, 4.69) is 5.32 Å². The third kappa shape index (κ3) is 5.12.